The molecule has 0 bridgehead atoms. The zero-order chi connectivity index (χ0) is 27.8. The number of aryl methyl sites for hydroxylation is 2. The molecule has 1 aliphatic heterocycles. The number of amides is 1. The Morgan fingerprint density at radius 2 is 1.89 bits per heavy atom. The van der Waals surface area contributed by atoms with E-state index in [2.05, 4.69) is 33.0 Å². The van der Waals surface area contributed by atoms with E-state index >= 15 is 0 Å². The van der Waals surface area contributed by atoms with Gasteiger partial charge in [0.2, 0.25) is 5.91 Å². The molecule has 4 rings (SSSR count). The van der Waals surface area contributed by atoms with E-state index < -0.39 is 5.82 Å². The van der Waals surface area contributed by atoms with Crippen LogP contribution in [0.15, 0.2) is 35.3 Å². The number of fused-ring (bicyclic) bond motifs is 1. The van der Waals surface area contributed by atoms with E-state index in [1.165, 1.54) is 6.07 Å². The number of anilines is 1. The van der Waals surface area contributed by atoms with Crippen molar-refractivity contribution in [3.05, 3.63) is 68.2 Å². The van der Waals surface area contributed by atoms with Crippen molar-refractivity contribution in [3.8, 4) is 0 Å². The highest BCUT2D eigenvalue weighted by Crippen LogP contribution is 2.26. The summed E-state index contributed by atoms with van der Waals surface area (Å²) in [6.45, 7) is 13.2. The monoisotopic (exact) mass is 542 g/mol. The summed E-state index contributed by atoms with van der Waals surface area (Å²) in [6, 6.07) is 6.76. The SMILES string of the molecule is CC(C)C.CCCn1cc(C)c(=O)c2cc(Cc3cccc(Cl)c3F)c(NCCCN3CCCC3=O)nc21. The number of carbonyl (C=O) groups excluding carboxylic acids is 1. The molecule has 206 valence electrons. The second-order valence-corrected chi connectivity index (χ2v) is 11.0. The first-order valence-corrected chi connectivity index (χ1v) is 14.0. The maximum atomic E-state index is 14.7. The van der Waals surface area contributed by atoms with E-state index in [9.17, 15) is 14.0 Å². The third kappa shape index (κ3) is 7.56. The van der Waals surface area contributed by atoms with E-state index in [4.69, 9.17) is 16.6 Å². The second kappa shape index (κ2) is 13.7. The highest BCUT2D eigenvalue weighted by atomic mass is 35.5. The minimum absolute atomic E-state index is 0.0668. The van der Waals surface area contributed by atoms with E-state index in [-0.39, 0.29) is 22.8 Å². The van der Waals surface area contributed by atoms with Crippen molar-refractivity contribution in [3.63, 3.8) is 0 Å². The molecule has 38 heavy (non-hydrogen) atoms. The van der Waals surface area contributed by atoms with E-state index in [1.54, 1.807) is 19.1 Å². The van der Waals surface area contributed by atoms with Crippen molar-refractivity contribution in [2.24, 2.45) is 5.92 Å². The number of nitrogens with one attached hydrogen (secondary N) is 1. The minimum atomic E-state index is -0.463. The highest BCUT2D eigenvalue weighted by Gasteiger charge is 2.20. The van der Waals surface area contributed by atoms with E-state index in [0.29, 0.717) is 47.5 Å². The Kier molecular flexibility index (Phi) is 10.7. The number of likely N-dealkylation sites (tertiary alicyclic amines) is 1. The number of carbonyl (C=O) groups is 1. The number of hydrogen-bond acceptors (Lipinski definition) is 4. The minimum Gasteiger partial charge on any atom is -0.370 e. The van der Waals surface area contributed by atoms with Crippen LogP contribution in [0.4, 0.5) is 10.2 Å². The number of halogens is 2. The van der Waals surface area contributed by atoms with E-state index in [0.717, 1.165) is 43.8 Å². The van der Waals surface area contributed by atoms with Crippen molar-refractivity contribution in [2.75, 3.05) is 25.0 Å². The van der Waals surface area contributed by atoms with Gasteiger partial charge in [-0.25, -0.2) is 9.37 Å². The zero-order valence-electron chi connectivity index (χ0n) is 23.2. The number of benzene rings is 1. The standard InChI is InChI=1S/C26H30ClFN4O2.C4H10/c1-3-11-32-16-17(2)24(34)20-15-19(14-18-7-4-8-21(27)23(18)28)25(30-26(20)32)29-10-6-13-31-12-5-9-22(31)33;1-4(2)3/h4,7-8,15-16H,3,5-6,9-14H2,1-2H3,(H,29,30);4H,1-3H3. The fraction of sp³-hybridized carbons (Fsp3) is 0.500. The molecule has 0 spiro atoms. The smallest absolute Gasteiger partial charge is 0.222 e. The lowest BCUT2D eigenvalue weighted by Crippen LogP contribution is -2.27. The van der Waals surface area contributed by atoms with Gasteiger partial charge in [0.1, 0.15) is 17.3 Å². The molecule has 2 aromatic heterocycles. The van der Waals surface area contributed by atoms with Crippen LogP contribution in [0.2, 0.25) is 5.02 Å². The molecule has 1 aliphatic rings. The van der Waals surface area contributed by atoms with Crippen LogP contribution in [0.1, 0.15) is 70.1 Å². The van der Waals surface area contributed by atoms with E-state index in [1.807, 2.05) is 21.7 Å². The third-order valence-corrected chi connectivity index (χ3v) is 6.54. The molecule has 3 heterocycles. The first-order valence-electron chi connectivity index (χ1n) is 13.6. The molecule has 1 fully saturated rings. The lowest BCUT2D eigenvalue weighted by molar-refractivity contribution is -0.127. The summed E-state index contributed by atoms with van der Waals surface area (Å²) < 4.78 is 16.7. The second-order valence-electron chi connectivity index (χ2n) is 10.6. The molecule has 6 nitrogen and oxygen atoms in total. The van der Waals surface area contributed by atoms with Gasteiger partial charge in [-0.3, -0.25) is 9.59 Å². The summed E-state index contributed by atoms with van der Waals surface area (Å²) >= 11 is 6.00. The van der Waals surface area contributed by atoms with Crippen molar-refractivity contribution in [1.82, 2.24) is 14.5 Å². The summed E-state index contributed by atoms with van der Waals surface area (Å²) in [5, 5.41) is 3.98. The number of nitrogens with zero attached hydrogens (tertiary/aromatic N) is 3. The predicted octanol–water partition coefficient (Wildman–Crippen LogP) is 6.58. The zero-order valence-corrected chi connectivity index (χ0v) is 24.0. The Morgan fingerprint density at radius 1 is 1.16 bits per heavy atom. The Hall–Kier alpha value is -2.93. The fourth-order valence-corrected chi connectivity index (χ4v) is 4.70. The molecule has 0 unspecified atom stereocenters. The molecule has 1 amide bonds. The number of rotatable bonds is 9. The topological polar surface area (TPSA) is 67.2 Å². The first kappa shape index (κ1) is 29.6. The molecule has 1 aromatic carbocycles. The van der Waals surface area contributed by atoms with Gasteiger partial charge in [0.05, 0.1) is 10.4 Å². The maximum absolute atomic E-state index is 14.7. The molecular weight excluding hydrogens is 503 g/mol. The van der Waals surface area contributed by atoms with Crippen LogP contribution < -0.4 is 10.7 Å². The molecule has 1 N–H and O–H groups in total. The molecule has 0 saturated carbocycles. The Labute approximate surface area is 230 Å². The van der Waals surface area contributed by atoms with Gasteiger partial charge >= 0.3 is 0 Å². The first-order chi connectivity index (χ1) is 18.1. The normalized spacial score (nSPS) is 13.3. The van der Waals surface area contributed by atoms with Crippen molar-refractivity contribution >= 4 is 34.4 Å². The third-order valence-electron chi connectivity index (χ3n) is 6.25. The molecule has 1 saturated heterocycles. The number of pyridine rings is 2. The van der Waals surface area contributed by atoms with Gasteiger partial charge in [-0.2, -0.15) is 0 Å². The van der Waals surface area contributed by atoms with Crippen LogP contribution in [0.25, 0.3) is 11.0 Å². The average Bonchev–Trinajstić information content (AvgIpc) is 3.27. The Balaban J connectivity index is 0.000000934. The summed E-state index contributed by atoms with van der Waals surface area (Å²) in [6.07, 6.45) is 5.32. The van der Waals surface area contributed by atoms with Gasteiger partial charge in [0, 0.05) is 50.8 Å². The van der Waals surface area contributed by atoms with Gasteiger partial charge in [-0.1, -0.05) is 51.4 Å². The van der Waals surface area contributed by atoms with Crippen LogP contribution in [-0.4, -0.2) is 40.0 Å². The molecule has 0 aliphatic carbocycles. The van der Waals surface area contributed by atoms with Gasteiger partial charge in [-0.15, -0.1) is 0 Å². The van der Waals surface area contributed by atoms with Gasteiger partial charge in [0.25, 0.3) is 0 Å². The van der Waals surface area contributed by atoms with Crippen LogP contribution in [0.3, 0.4) is 0 Å². The highest BCUT2D eigenvalue weighted by molar-refractivity contribution is 6.30. The molecule has 8 heteroatoms. The Bertz CT molecular complexity index is 1320. The summed E-state index contributed by atoms with van der Waals surface area (Å²) in [4.78, 5) is 31.6. The van der Waals surface area contributed by atoms with Crippen LogP contribution in [0, 0.1) is 18.7 Å². The molecule has 0 radical (unpaired) electrons. The summed E-state index contributed by atoms with van der Waals surface area (Å²) in [5.41, 5.74) is 2.38. The molecule has 3 aromatic rings. The lowest BCUT2D eigenvalue weighted by atomic mass is 10.0. The predicted molar refractivity (Wildman–Crippen MR) is 155 cm³/mol. The van der Waals surface area contributed by atoms with Crippen LogP contribution in [0.5, 0.6) is 0 Å². The van der Waals surface area contributed by atoms with Crippen molar-refractivity contribution in [2.45, 2.75) is 73.3 Å². The number of aromatic nitrogens is 2. The van der Waals surface area contributed by atoms with Gasteiger partial charge in [0.15, 0.2) is 5.43 Å². The summed E-state index contributed by atoms with van der Waals surface area (Å²) in [5.74, 6) is 1.20. The lowest BCUT2D eigenvalue weighted by Gasteiger charge is -2.18. The molecular formula is C30H40ClFN4O2. The summed E-state index contributed by atoms with van der Waals surface area (Å²) in [7, 11) is 0. The largest absolute Gasteiger partial charge is 0.370 e. The van der Waals surface area contributed by atoms with Gasteiger partial charge in [-0.05, 0) is 55.4 Å². The van der Waals surface area contributed by atoms with Crippen molar-refractivity contribution in [1.29, 1.82) is 0 Å². The van der Waals surface area contributed by atoms with Crippen LogP contribution in [-0.2, 0) is 17.8 Å². The maximum Gasteiger partial charge on any atom is 0.222 e. The van der Waals surface area contributed by atoms with Crippen molar-refractivity contribution < 1.29 is 9.18 Å². The average molecular weight is 543 g/mol. The molecule has 0 atom stereocenters. The van der Waals surface area contributed by atoms with Gasteiger partial charge < -0.3 is 14.8 Å². The quantitative estimate of drug-likeness (QED) is 0.310. The Morgan fingerprint density at radius 3 is 2.55 bits per heavy atom. The fourth-order valence-electron chi connectivity index (χ4n) is 4.50. The number of hydrogen-bond donors (Lipinski definition) is 1. The van der Waals surface area contributed by atoms with Crippen LogP contribution >= 0.6 is 11.6 Å².